The van der Waals surface area contributed by atoms with Crippen molar-refractivity contribution in [3.63, 3.8) is 0 Å². The van der Waals surface area contributed by atoms with Crippen LogP contribution in [0.15, 0.2) is 35.1 Å². The van der Waals surface area contributed by atoms with Gasteiger partial charge in [-0.25, -0.2) is 4.68 Å². The number of aromatic nitrogens is 2. The molecule has 0 aliphatic carbocycles. The van der Waals surface area contributed by atoms with Gasteiger partial charge in [-0.3, -0.25) is 19.1 Å². The van der Waals surface area contributed by atoms with Crippen molar-refractivity contribution < 1.29 is 14.3 Å². The average molecular weight is 363 g/mol. The van der Waals surface area contributed by atoms with Gasteiger partial charge in [0.25, 0.3) is 5.56 Å². The van der Waals surface area contributed by atoms with Crippen LogP contribution in [0.5, 0.6) is 0 Å². The summed E-state index contributed by atoms with van der Waals surface area (Å²) in [5, 5.41) is 2.65. The first-order chi connectivity index (χ1) is 12.0. The molecule has 0 radical (unpaired) electrons. The van der Waals surface area contributed by atoms with Crippen molar-refractivity contribution in [2.45, 2.75) is 13.8 Å². The third-order valence-corrected chi connectivity index (χ3v) is 4.48. The van der Waals surface area contributed by atoms with E-state index in [1.807, 2.05) is 30.3 Å². The molecule has 0 fully saturated rings. The Morgan fingerprint density at radius 1 is 1.20 bits per heavy atom. The summed E-state index contributed by atoms with van der Waals surface area (Å²) in [7, 11) is 1.76. The molecule has 0 unspecified atom stereocenters. The third kappa shape index (κ3) is 4.54. The second-order valence-corrected chi connectivity index (χ2v) is 6.27. The molecular formula is C17H21N3O4S. The Morgan fingerprint density at radius 2 is 1.88 bits per heavy atom. The summed E-state index contributed by atoms with van der Waals surface area (Å²) < 4.78 is 7.99. The maximum atomic E-state index is 12.7. The van der Waals surface area contributed by atoms with Crippen LogP contribution >= 0.6 is 11.8 Å². The normalized spacial score (nSPS) is 10.5. The molecule has 1 amide bonds. The van der Waals surface area contributed by atoms with Gasteiger partial charge in [0.15, 0.2) is 0 Å². The van der Waals surface area contributed by atoms with Gasteiger partial charge in [-0.15, -0.1) is 11.8 Å². The number of esters is 1. The molecule has 7 nitrogen and oxygen atoms in total. The summed E-state index contributed by atoms with van der Waals surface area (Å²) in [4.78, 5) is 36.0. The Morgan fingerprint density at radius 3 is 2.52 bits per heavy atom. The van der Waals surface area contributed by atoms with Gasteiger partial charge in [-0.2, -0.15) is 0 Å². The average Bonchev–Trinajstić information content (AvgIpc) is 2.79. The van der Waals surface area contributed by atoms with E-state index in [1.165, 1.54) is 4.68 Å². The lowest BCUT2D eigenvalue weighted by Crippen LogP contribution is -2.24. The Bertz CT molecular complexity index is 811. The fourth-order valence-corrected chi connectivity index (χ4v) is 2.93. The van der Waals surface area contributed by atoms with Gasteiger partial charge in [0, 0.05) is 7.05 Å². The fraction of sp³-hybridized carbons (Fsp3) is 0.353. The molecule has 1 heterocycles. The minimum Gasteiger partial charge on any atom is -0.465 e. The monoisotopic (exact) mass is 363 g/mol. The Hall–Kier alpha value is -2.48. The molecule has 0 bridgehead atoms. The smallest absolute Gasteiger partial charge is 0.315 e. The second kappa shape index (κ2) is 8.57. The van der Waals surface area contributed by atoms with E-state index in [9.17, 15) is 14.4 Å². The molecule has 134 valence electrons. The molecule has 0 spiro atoms. The van der Waals surface area contributed by atoms with Crippen LogP contribution in [0.25, 0.3) is 5.69 Å². The third-order valence-electron chi connectivity index (χ3n) is 3.58. The first-order valence-corrected chi connectivity index (χ1v) is 8.98. The Balaban J connectivity index is 2.09. The topological polar surface area (TPSA) is 82.3 Å². The molecule has 8 heteroatoms. The predicted molar refractivity (Wildman–Crippen MR) is 98.3 cm³/mol. The van der Waals surface area contributed by atoms with Gasteiger partial charge in [0.05, 0.1) is 29.5 Å². The van der Waals surface area contributed by atoms with Crippen molar-refractivity contribution in [2.75, 3.05) is 23.4 Å². The minimum atomic E-state index is -0.359. The van der Waals surface area contributed by atoms with Crippen molar-refractivity contribution in [3.05, 3.63) is 46.4 Å². The molecule has 0 atom stereocenters. The summed E-state index contributed by atoms with van der Waals surface area (Å²) in [5.74, 6) is -0.524. The highest BCUT2D eigenvalue weighted by molar-refractivity contribution is 8.00. The van der Waals surface area contributed by atoms with Crippen molar-refractivity contribution in [1.82, 2.24) is 9.36 Å². The molecule has 1 aromatic carbocycles. The Kier molecular flexibility index (Phi) is 6.46. The van der Waals surface area contributed by atoms with E-state index in [0.29, 0.717) is 12.3 Å². The van der Waals surface area contributed by atoms with E-state index >= 15 is 0 Å². The SMILES string of the molecule is CCOC(=O)CSCC(=O)Nc1c(C)n(C)n(-c2ccccc2)c1=O. The highest BCUT2D eigenvalue weighted by atomic mass is 32.2. The molecule has 0 saturated carbocycles. The second-order valence-electron chi connectivity index (χ2n) is 5.28. The summed E-state index contributed by atoms with van der Waals surface area (Å²) >= 11 is 1.15. The maximum absolute atomic E-state index is 12.7. The molecule has 0 saturated heterocycles. The number of carbonyl (C=O) groups excluding carboxylic acids is 2. The number of hydrogen-bond donors (Lipinski definition) is 1. The van der Waals surface area contributed by atoms with Gasteiger partial charge in [-0.1, -0.05) is 18.2 Å². The first kappa shape index (κ1) is 18.9. The number of nitrogens with zero attached hydrogens (tertiary/aromatic N) is 2. The number of anilines is 1. The molecule has 1 aromatic heterocycles. The summed E-state index contributed by atoms with van der Waals surface area (Å²) in [6.07, 6.45) is 0. The van der Waals surface area contributed by atoms with Gasteiger partial charge in [0.2, 0.25) is 5.91 Å². The van der Waals surface area contributed by atoms with E-state index in [0.717, 1.165) is 17.4 Å². The van der Waals surface area contributed by atoms with E-state index in [2.05, 4.69) is 5.32 Å². The first-order valence-electron chi connectivity index (χ1n) is 7.83. The zero-order valence-electron chi connectivity index (χ0n) is 14.4. The quantitative estimate of drug-likeness (QED) is 0.758. The number of ether oxygens (including phenoxy) is 1. The van der Waals surface area contributed by atoms with Crippen LogP contribution in [-0.2, 0) is 21.4 Å². The largest absolute Gasteiger partial charge is 0.465 e. The van der Waals surface area contributed by atoms with Crippen LogP contribution in [0.3, 0.4) is 0 Å². The van der Waals surface area contributed by atoms with Crippen molar-refractivity contribution in [2.24, 2.45) is 7.05 Å². The van der Waals surface area contributed by atoms with Crippen LogP contribution in [0, 0.1) is 6.92 Å². The van der Waals surface area contributed by atoms with Crippen molar-refractivity contribution in [3.8, 4) is 5.69 Å². The van der Waals surface area contributed by atoms with E-state index in [4.69, 9.17) is 4.74 Å². The molecule has 2 rings (SSSR count). The zero-order valence-corrected chi connectivity index (χ0v) is 15.3. The lowest BCUT2D eigenvalue weighted by molar-refractivity contribution is -0.139. The number of rotatable bonds is 7. The number of carbonyl (C=O) groups is 2. The molecule has 0 aliphatic heterocycles. The number of nitrogens with one attached hydrogen (secondary N) is 1. The van der Waals surface area contributed by atoms with E-state index in [1.54, 1.807) is 25.6 Å². The summed E-state index contributed by atoms with van der Waals surface area (Å²) in [6.45, 7) is 3.81. The summed E-state index contributed by atoms with van der Waals surface area (Å²) in [6, 6.07) is 9.19. The molecule has 0 aliphatic rings. The standard InChI is InChI=1S/C17H21N3O4S/c1-4-24-15(22)11-25-10-14(21)18-16-12(2)19(3)20(17(16)23)13-8-6-5-7-9-13/h5-9H,4,10-11H2,1-3H3,(H,18,21). The van der Waals surface area contributed by atoms with Crippen LogP contribution < -0.4 is 10.9 Å². The number of para-hydroxylation sites is 1. The lowest BCUT2D eigenvalue weighted by atomic mass is 10.3. The zero-order chi connectivity index (χ0) is 18.4. The van der Waals surface area contributed by atoms with Gasteiger partial charge < -0.3 is 10.1 Å². The van der Waals surface area contributed by atoms with Gasteiger partial charge in [0.1, 0.15) is 5.69 Å². The minimum absolute atomic E-state index is 0.0674. The molecule has 25 heavy (non-hydrogen) atoms. The highest BCUT2D eigenvalue weighted by Gasteiger charge is 2.18. The van der Waals surface area contributed by atoms with Crippen molar-refractivity contribution >= 4 is 29.3 Å². The van der Waals surface area contributed by atoms with Crippen LogP contribution in [0.4, 0.5) is 5.69 Å². The summed E-state index contributed by atoms with van der Waals surface area (Å²) in [5.41, 5.74) is 1.32. The molecule has 2 aromatic rings. The number of benzene rings is 1. The van der Waals surface area contributed by atoms with Crippen molar-refractivity contribution in [1.29, 1.82) is 0 Å². The number of hydrogen-bond acceptors (Lipinski definition) is 5. The van der Waals surface area contributed by atoms with E-state index in [-0.39, 0.29) is 34.6 Å². The lowest BCUT2D eigenvalue weighted by Gasteiger charge is -2.07. The highest BCUT2D eigenvalue weighted by Crippen LogP contribution is 2.14. The van der Waals surface area contributed by atoms with Crippen LogP contribution in [0.2, 0.25) is 0 Å². The van der Waals surface area contributed by atoms with E-state index < -0.39 is 0 Å². The maximum Gasteiger partial charge on any atom is 0.315 e. The van der Waals surface area contributed by atoms with Gasteiger partial charge in [-0.05, 0) is 26.0 Å². The number of amides is 1. The van der Waals surface area contributed by atoms with Gasteiger partial charge >= 0.3 is 5.97 Å². The van der Waals surface area contributed by atoms with Crippen LogP contribution in [-0.4, -0.2) is 39.4 Å². The molecular weight excluding hydrogens is 342 g/mol. The Labute approximate surface area is 149 Å². The predicted octanol–water partition coefficient (Wildman–Crippen LogP) is 1.72. The fourth-order valence-electron chi connectivity index (χ4n) is 2.32. The number of thioether (sulfide) groups is 1. The molecule has 1 N–H and O–H groups in total. The van der Waals surface area contributed by atoms with Crippen LogP contribution in [0.1, 0.15) is 12.6 Å².